The van der Waals surface area contributed by atoms with Crippen LogP contribution in [0.3, 0.4) is 0 Å². The number of piperidine rings is 1. The fourth-order valence-corrected chi connectivity index (χ4v) is 3.81. The molecule has 4 rings (SSSR count). The molecule has 0 N–H and O–H groups in total. The zero-order valence-electron chi connectivity index (χ0n) is 15.6. The van der Waals surface area contributed by atoms with Crippen LogP contribution in [-0.4, -0.2) is 36.2 Å². The van der Waals surface area contributed by atoms with Crippen molar-refractivity contribution in [2.45, 2.75) is 18.8 Å². The first kappa shape index (κ1) is 18.6. The van der Waals surface area contributed by atoms with Crippen molar-refractivity contribution in [2.24, 2.45) is 0 Å². The maximum Gasteiger partial charge on any atom is 0.276 e. The number of amides is 1. The van der Waals surface area contributed by atoms with Gasteiger partial charge in [0, 0.05) is 29.7 Å². The van der Waals surface area contributed by atoms with Crippen molar-refractivity contribution in [1.82, 2.24) is 10.1 Å². The highest BCUT2D eigenvalue weighted by Gasteiger charge is 2.27. The lowest BCUT2D eigenvalue weighted by Crippen LogP contribution is -2.38. The summed E-state index contributed by atoms with van der Waals surface area (Å²) >= 11 is 5.92. The number of carbonyl (C=O) groups is 1. The topological polar surface area (TPSA) is 55.6 Å². The van der Waals surface area contributed by atoms with E-state index in [1.165, 1.54) is 5.56 Å². The van der Waals surface area contributed by atoms with Crippen LogP contribution in [0, 0.1) is 0 Å². The maximum atomic E-state index is 12.8. The first-order valence-corrected chi connectivity index (χ1v) is 9.68. The van der Waals surface area contributed by atoms with Crippen LogP contribution in [0.15, 0.2) is 59.1 Å². The summed E-state index contributed by atoms with van der Waals surface area (Å²) < 4.78 is 10.8. The first-order valence-electron chi connectivity index (χ1n) is 9.30. The van der Waals surface area contributed by atoms with Crippen molar-refractivity contribution in [1.29, 1.82) is 0 Å². The van der Waals surface area contributed by atoms with Crippen LogP contribution in [0.25, 0.3) is 11.3 Å². The van der Waals surface area contributed by atoms with Crippen LogP contribution in [0.4, 0.5) is 0 Å². The Kier molecular flexibility index (Phi) is 5.35. The quantitative estimate of drug-likeness (QED) is 0.621. The number of hydrogen-bond donors (Lipinski definition) is 0. The van der Waals surface area contributed by atoms with E-state index in [2.05, 4.69) is 11.2 Å². The van der Waals surface area contributed by atoms with E-state index in [1.807, 2.05) is 35.2 Å². The van der Waals surface area contributed by atoms with Gasteiger partial charge in [0.05, 0.1) is 7.11 Å². The van der Waals surface area contributed by atoms with Gasteiger partial charge in [-0.1, -0.05) is 35.0 Å². The van der Waals surface area contributed by atoms with Crippen molar-refractivity contribution in [3.63, 3.8) is 0 Å². The Morgan fingerprint density at radius 2 is 1.86 bits per heavy atom. The Morgan fingerprint density at radius 1 is 1.14 bits per heavy atom. The average Bonchev–Trinajstić information content (AvgIpc) is 3.24. The Hall–Kier alpha value is -2.79. The lowest BCUT2D eigenvalue weighted by molar-refractivity contribution is 0.0702. The molecule has 0 bridgehead atoms. The van der Waals surface area contributed by atoms with Gasteiger partial charge in [-0.2, -0.15) is 0 Å². The molecule has 0 unspecified atom stereocenters. The molecule has 0 saturated carbocycles. The molecular weight excluding hydrogens is 376 g/mol. The summed E-state index contributed by atoms with van der Waals surface area (Å²) in [6, 6.07) is 17.0. The SMILES string of the molecule is COc1ccccc1C1CCN(C(=O)c2cc(-c3ccc(Cl)cc3)on2)CC1. The molecule has 28 heavy (non-hydrogen) atoms. The van der Waals surface area contributed by atoms with E-state index in [0.29, 0.717) is 35.5 Å². The smallest absolute Gasteiger partial charge is 0.276 e. The Labute approximate surface area is 168 Å². The highest BCUT2D eigenvalue weighted by atomic mass is 35.5. The molecule has 2 aromatic carbocycles. The number of carbonyl (C=O) groups excluding carboxylic acids is 1. The standard InChI is InChI=1S/C22H21ClN2O3/c1-27-20-5-3-2-4-18(20)15-10-12-25(13-11-15)22(26)19-14-21(28-24-19)16-6-8-17(23)9-7-16/h2-9,14-15H,10-13H2,1H3. The Bertz CT molecular complexity index is 960. The van der Waals surface area contributed by atoms with Gasteiger partial charge < -0.3 is 14.2 Å². The van der Waals surface area contributed by atoms with Gasteiger partial charge in [0.25, 0.3) is 5.91 Å². The van der Waals surface area contributed by atoms with Gasteiger partial charge >= 0.3 is 0 Å². The number of rotatable bonds is 4. The molecule has 1 amide bonds. The van der Waals surface area contributed by atoms with Gasteiger partial charge in [-0.05, 0) is 54.7 Å². The van der Waals surface area contributed by atoms with Crippen LogP contribution in [0.1, 0.15) is 34.8 Å². The van der Waals surface area contributed by atoms with Gasteiger partial charge in [0.15, 0.2) is 11.5 Å². The van der Waals surface area contributed by atoms with Crippen molar-refractivity contribution in [3.8, 4) is 17.1 Å². The highest BCUT2D eigenvalue weighted by molar-refractivity contribution is 6.30. The summed E-state index contributed by atoms with van der Waals surface area (Å²) in [4.78, 5) is 14.7. The number of benzene rings is 2. The molecule has 1 aliphatic rings. The number of para-hydroxylation sites is 1. The molecule has 3 aromatic rings. The second-order valence-electron chi connectivity index (χ2n) is 6.89. The molecule has 0 radical (unpaired) electrons. The van der Waals surface area contributed by atoms with E-state index in [9.17, 15) is 4.79 Å². The molecule has 144 valence electrons. The number of nitrogens with zero attached hydrogens (tertiary/aromatic N) is 2. The van der Waals surface area contributed by atoms with Gasteiger partial charge in [0.1, 0.15) is 5.75 Å². The van der Waals surface area contributed by atoms with Crippen molar-refractivity contribution in [2.75, 3.05) is 20.2 Å². The monoisotopic (exact) mass is 396 g/mol. The van der Waals surface area contributed by atoms with Crippen LogP contribution in [0.5, 0.6) is 5.75 Å². The van der Waals surface area contributed by atoms with Gasteiger partial charge in [0.2, 0.25) is 0 Å². The molecule has 1 saturated heterocycles. The molecule has 0 aliphatic carbocycles. The van der Waals surface area contributed by atoms with E-state index < -0.39 is 0 Å². The largest absolute Gasteiger partial charge is 0.496 e. The van der Waals surface area contributed by atoms with Crippen molar-refractivity contribution < 1.29 is 14.1 Å². The summed E-state index contributed by atoms with van der Waals surface area (Å²) in [6.45, 7) is 1.37. The van der Waals surface area contributed by atoms with Crippen LogP contribution < -0.4 is 4.74 Å². The predicted molar refractivity (Wildman–Crippen MR) is 108 cm³/mol. The lowest BCUT2D eigenvalue weighted by atomic mass is 9.88. The predicted octanol–water partition coefficient (Wildman–Crippen LogP) is 5.02. The molecule has 1 aromatic heterocycles. The normalized spacial score (nSPS) is 14.9. The number of halogens is 1. The summed E-state index contributed by atoms with van der Waals surface area (Å²) in [7, 11) is 1.69. The minimum atomic E-state index is -0.0950. The molecule has 1 fully saturated rings. The molecule has 6 heteroatoms. The molecule has 1 aliphatic heterocycles. The molecule has 2 heterocycles. The molecule has 0 atom stereocenters. The van der Waals surface area contributed by atoms with Crippen LogP contribution in [-0.2, 0) is 0 Å². The molecule has 5 nitrogen and oxygen atoms in total. The number of methoxy groups -OCH3 is 1. The Morgan fingerprint density at radius 3 is 2.57 bits per heavy atom. The number of hydrogen-bond acceptors (Lipinski definition) is 4. The fourth-order valence-electron chi connectivity index (χ4n) is 3.69. The zero-order chi connectivity index (χ0) is 19.5. The summed E-state index contributed by atoms with van der Waals surface area (Å²) in [5, 5.41) is 4.63. The first-order chi connectivity index (χ1) is 13.7. The molecular formula is C22H21ClN2O3. The van der Waals surface area contributed by atoms with Crippen LogP contribution >= 0.6 is 11.6 Å². The maximum absolute atomic E-state index is 12.8. The fraction of sp³-hybridized carbons (Fsp3) is 0.273. The molecule has 0 spiro atoms. The third-order valence-corrected chi connectivity index (χ3v) is 5.47. The van der Waals surface area contributed by atoms with Gasteiger partial charge in [-0.25, -0.2) is 0 Å². The van der Waals surface area contributed by atoms with E-state index in [-0.39, 0.29) is 5.91 Å². The second-order valence-corrected chi connectivity index (χ2v) is 7.33. The van der Waals surface area contributed by atoms with E-state index in [0.717, 1.165) is 24.2 Å². The van der Waals surface area contributed by atoms with E-state index in [1.54, 1.807) is 25.3 Å². The van der Waals surface area contributed by atoms with Gasteiger partial charge in [-0.15, -0.1) is 0 Å². The van der Waals surface area contributed by atoms with Crippen molar-refractivity contribution >= 4 is 17.5 Å². The average molecular weight is 397 g/mol. The van der Waals surface area contributed by atoms with Crippen LogP contribution in [0.2, 0.25) is 5.02 Å². The summed E-state index contributed by atoms with van der Waals surface area (Å²) in [5.74, 6) is 1.77. The van der Waals surface area contributed by atoms with Crippen molar-refractivity contribution in [3.05, 3.63) is 70.9 Å². The van der Waals surface area contributed by atoms with Gasteiger partial charge in [-0.3, -0.25) is 4.79 Å². The number of ether oxygens (including phenoxy) is 1. The zero-order valence-corrected chi connectivity index (χ0v) is 16.4. The summed E-state index contributed by atoms with van der Waals surface area (Å²) in [6.07, 6.45) is 1.79. The minimum Gasteiger partial charge on any atom is -0.496 e. The van der Waals surface area contributed by atoms with E-state index >= 15 is 0 Å². The second kappa shape index (κ2) is 8.07. The highest BCUT2D eigenvalue weighted by Crippen LogP contribution is 2.34. The summed E-state index contributed by atoms with van der Waals surface area (Å²) in [5.41, 5.74) is 2.38. The third-order valence-electron chi connectivity index (χ3n) is 5.22. The third kappa shape index (κ3) is 3.76. The number of likely N-dealkylation sites (tertiary alicyclic amines) is 1. The minimum absolute atomic E-state index is 0.0950. The Balaban J connectivity index is 1.42. The number of aromatic nitrogens is 1. The van der Waals surface area contributed by atoms with E-state index in [4.69, 9.17) is 20.9 Å². The lowest BCUT2D eigenvalue weighted by Gasteiger charge is -2.32.